The Kier molecular flexibility index (Phi) is 6.19. The maximum absolute atomic E-state index is 6.18. The number of rotatable bonds is 6. The van der Waals surface area contributed by atoms with E-state index < -0.39 is 0 Å². The summed E-state index contributed by atoms with van der Waals surface area (Å²) in [6, 6.07) is 11.5. The predicted molar refractivity (Wildman–Crippen MR) is 83.9 cm³/mol. The second-order valence-corrected chi connectivity index (χ2v) is 6.54. The van der Waals surface area contributed by atoms with Crippen molar-refractivity contribution in [1.82, 2.24) is 4.90 Å². The van der Waals surface area contributed by atoms with Gasteiger partial charge in [-0.05, 0) is 57.7 Å². The lowest BCUT2D eigenvalue weighted by molar-refractivity contribution is 0.139. The molecule has 0 radical (unpaired) electrons. The molecule has 19 heavy (non-hydrogen) atoms. The fourth-order valence-corrected chi connectivity index (χ4v) is 3.33. The van der Waals surface area contributed by atoms with E-state index in [2.05, 4.69) is 42.2 Å². The molecule has 1 aromatic rings. The topological polar surface area (TPSA) is 3.24 Å². The van der Waals surface area contributed by atoms with Crippen LogP contribution in [0.2, 0.25) is 0 Å². The molecule has 106 valence electrons. The number of alkyl halides is 1. The fraction of sp³-hybridized carbons (Fsp3) is 0.647. The Labute approximate surface area is 123 Å². The zero-order valence-electron chi connectivity index (χ0n) is 12.0. The largest absolute Gasteiger partial charge is 0.300 e. The first-order chi connectivity index (χ1) is 9.25. The SMILES string of the molecule is CC(Cl)CC1CCCCN1CCCc1ccccc1. The van der Waals surface area contributed by atoms with Crippen LogP contribution in [-0.4, -0.2) is 29.4 Å². The highest BCUT2D eigenvalue weighted by Gasteiger charge is 2.22. The highest BCUT2D eigenvalue weighted by atomic mass is 35.5. The van der Waals surface area contributed by atoms with Gasteiger partial charge in [-0.3, -0.25) is 0 Å². The Morgan fingerprint density at radius 3 is 2.79 bits per heavy atom. The van der Waals surface area contributed by atoms with Gasteiger partial charge in [-0.15, -0.1) is 11.6 Å². The van der Waals surface area contributed by atoms with E-state index in [1.54, 1.807) is 0 Å². The third-order valence-electron chi connectivity index (χ3n) is 4.10. The minimum absolute atomic E-state index is 0.305. The molecule has 2 atom stereocenters. The lowest BCUT2D eigenvalue weighted by Crippen LogP contribution is -2.41. The average Bonchev–Trinajstić information content (AvgIpc) is 2.41. The summed E-state index contributed by atoms with van der Waals surface area (Å²) in [6.45, 7) is 4.62. The van der Waals surface area contributed by atoms with Gasteiger partial charge < -0.3 is 4.90 Å². The highest BCUT2D eigenvalue weighted by molar-refractivity contribution is 6.20. The summed E-state index contributed by atoms with van der Waals surface area (Å²) in [6.07, 6.45) is 7.68. The summed E-state index contributed by atoms with van der Waals surface area (Å²) in [5, 5.41) is 0.305. The molecular weight excluding hydrogens is 254 g/mol. The van der Waals surface area contributed by atoms with Gasteiger partial charge in [-0.2, -0.15) is 0 Å². The molecule has 1 aliphatic rings. The van der Waals surface area contributed by atoms with E-state index in [4.69, 9.17) is 11.6 Å². The number of hydrogen-bond acceptors (Lipinski definition) is 1. The molecule has 0 N–H and O–H groups in total. The molecule has 1 aromatic carbocycles. The molecule has 1 fully saturated rings. The number of benzene rings is 1. The molecule has 2 rings (SSSR count). The van der Waals surface area contributed by atoms with E-state index in [-0.39, 0.29) is 0 Å². The molecule has 2 unspecified atom stereocenters. The van der Waals surface area contributed by atoms with Gasteiger partial charge in [-0.1, -0.05) is 36.8 Å². The van der Waals surface area contributed by atoms with E-state index >= 15 is 0 Å². The molecule has 1 saturated heterocycles. The van der Waals surface area contributed by atoms with E-state index in [1.807, 2.05) is 0 Å². The van der Waals surface area contributed by atoms with E-state index in [1.165, 1.54) is 50.8 Å². The highest BCUT2D eigenvalue weighted by Crippen LogP contribution is 2.22. The Morgan fingerprint density at radius 2 is 2.05 bits per heavy atom. The van der Waals surface area contributed by atoms with Crippen molar-refractivity contribution in [2.45, 2.75) is 56.9 Å². The number of hydrogen-bond donors (Lipinski definition) is 0. The Bertz CT molecular complexity index is 350. The Hall–Kier alpha value is -0.530. The van der Waals surface area contributed by atoms with Gasteiger partial charge in [0.25, 0.3) is 0 Å². The zero-order chi connectivity index (χ0) is 13.5. The average molecular weight is 280 g/mol. The lowest BCUT2D eigenvalue weighted by Gasteiger charge is -2.36. The first-order valence-corrected chi connectivity index (χ1v) is 8.11. The van der Waals surface area contributed by atoms with Crippen molar-refractivity contribution in [3.63, 3.8) is 0 Å². The summed E-state index contributed by atoms with van der Waals surface area (Å²) in [5.41, 5.74) is 1.46. The van der Waals surface area contributed by atoms with Crippen LogP contribution in [0, 0.1) is 0 Å². The monoisotopic (exact) mass is 279 g/mol. The van der Waals surface area contributed by atoms with Gasteiger partial charge in [0, 0.05) is 11.4 Å². The maximum Gasteiger partial charge on any atom is 0.0322 e. The molecule has 2 heteroatoms. The van der Waals surface area contributed by atoms with Crippen LogP contribution < -0.4 is 0 Å². The molecule has 0 aromatic heterocycles. The molecule has 0 spiro atoms. The van der Waals surface area contributed by atoms with E-state index in [0.29, 0.717) is 5.38 Å². The van der Waals surface area contributed by atoms with Gasteiger partial charge in [0.1, 0.15) is 0 Å². The number of aryl methyl sites for hydroxylation is 1. The van der Waals surface area contributed by atoms with Crippen LogP contribution in [0.1, 0.15) is 44.6 Å². The van der Waals surface area contributed by atoms with Gasteiger partial charge in [-0.25, -0.2) is 0 Å². The maximum atomic E-state index is 6.18. The van der Waals surface area contributed by atoms with Crippen molar-refractivity contribution in [1.29, 1.82) is 0 Å². The van der Waals surface area contributed by atoms with Crippen LogP contribution in [0.4, 0.5) is 0 Å². The molecule has 0 amide bonds. The number of halogens is 1. The van der Waals surface area contributed by atoms with Crippen molar-refractivity contribution in [2.75, 3.05) is 13.1 Å². The normalized spacial score (nSPS) is 22.3. The van der Waals surface area contributed by atoms with Crippen LogP contribution in [-0.2, 0) is 6.42 Å². The summed E-state index contributed by atoms with van der Waals surface area (Å²) in [4.78, 5) is 2.67. The molecule has 1 aliphatic heterocycles. The van der Waals surface area contributed by atoms with Crippen LogP contribution in [0.5, 0.6) is 0 Å². The standard InChI is InChI=1S/C17H26ClN/c1-15(18)14-17-11-5-6-12-19(17)13-7-10-16-8-3-2-4-9-16/h2-4,8-9,15,17H,5-7,10-14H2,1H3. The second kappa shape index (κ2) is 7.91. The molecule has 0 bridgehead atoms. The number of likely N-dealkylation sites (tertiary alicyclic amines) is 1. The first-order valence-electron chi connectivity index (χ1n) is 7.68. The smallest absolute Gasteiger partial charge is 0.0322 e. The third kappa shape index (κ3) is 5.16. The van der Waals surface area contributed by atoms with Crippen molar-refractivity contribution in [3.05, 3.63) is 35.9 Å². The van der Waals surface area contributed by atoms with Crippen molar-refractivity contribution in [3.8, 4) is 0 Å². The third-order valence-corrected chi connectivity index (χ3v) is 4.28. The summed E-state index contributed by atoms with van der Waals surface area (Å²) >= 11 is 6.18. The van der Waals surface area contributed by atoms with Crippen LogP contribution in [0.3, 0.4) is 0 Å². The van der Waals surface area contributed by atoms with Crippen LogP contribution in [0.25, 0.3) is 0 Å². The minimum atomic E-state index is 0.305. The van der Waals surface area contributed by atoms with Crippen molar-refractivity contribution < 1.29 is 0 Å². The Morgan fingerprint density at radius 1 is 1.26 bits per heavy atom. The second-order valence-electron chi connectivity index (χ2n) is 5.79. The summed E-state index contributed by atoms with van der Waals surface area (Å²) < 4.78 is 0. The van der Waals surface area contributed by atoms with Crippen LogP contribution in [0.15, 0.2) is 30.3 Å². The molecule has 0 saturated carbocycles. The van der Waals surface area contributed by atoms with Crippen molar-refractivity contribution >= 4 is 11.6 Å². The van der Waals surface area contributed by atoms with Gasteiger partial charge in [0.2, 0.25) is 0 Å². The fourth-order valence-electron chi connectivity index (χ4n) is 3.13. The molecule has 0 aliphatic carbocycles. The molecule has 1 heterocycles. The van der Waals surface area contributed by atoms with Crippen LogP contribution >= 0.6 is 11.6 Å². The van der Waals surface area contributed by atoms with Gasteiger partial charge in [0.05, 0.1) is 0 Å². The zero-order valence-corrected chi connectivity index (χ0v) is 12.8. The first kappa shape index (κ1) is 14.9. The van der Waals surface area contributed by atoms with Gasteiger partial charge >= 0.3 is 0 Å². The van der Waals surface area contributed by atoms with Gasteiger partial charge in [0.15, 0.2) is 0 Å². The van der Waals surface area contributed by atoms with E-state index in [0.717, 1.165) is 12.5 Å². The summed E-state index contributed by atoms with van der Waals surface area (Å²) in [5.74, 6) is 0. The van der Waals surface area contributed by atoms with Crippen molar-refractivity contribution in [2.24, 2.45) is 0 Å². The predicted octanol–water partition coefficient (Wildman–Crippen LogP) is 4.49. The number of nitrogens with zero attached hydrogens (tertiary/aromatic N) is 1. The molecular formula is C17H26ClN. The number of piperidine rings is 1. The lowest BCUT2D eigenvalue weighted by atomic mass is 9.97. The Balaban J connectivity index is 1.76. The minimum Gasteiger partial charge on any atom is -0.300 e. The quantitative estimate of drug-likeness (QED) is 0.694. The molecule has 1 nitrogen and oxygen atoms in total. The van der Waals surface area contributed by atoms with E-state index in [9.17, 15) is 0 Å². The summed E-state index contributed by atoms with van der Waals surface area (Å²) in [7, 11) is 0.